The SMILES string of the molecule is Cc1nc2ccccc2n1CC(=O)N(C)C1CCNCC1. The molecule has 1 saturated heterocycles. The molecule has 0 radical (unpaired) electrons. The molecule has 0 atom stereocenters. The molecule has 1 aliphatic rings. The van der Waals surface area contributed by atoms with Crippen LogP contribution >= 0.6 is 0 Å². The summed E-state index contributed by atoms with van der Waals surface area (Å²) in [7, 11) is 1.92. The Labute approximate surface area is 125 Å². The van der Waals surface area contributed by atoms with Gasteiger partial charge in [-0.3, -0.25) is 4.79 Å². The molecule has 2 aromatic rings. The molecule has 0 spiro atoms. The lowest BCUT2D eigenvalue weighted by Crippen LogP contribution is -2.45. The summed E-state index contributed by atoms with van der Waals surface area (Å²) in [6, 6.07) is 8.32. The molecule has 1 fully saturated rings. The number of rotatable bonds is 3. The van der Waals surface area contributed by atoms with Crippen LogP contribution in [0.4, 0.5) is 0 Å². The van der Waals surface area contributed by atoms with Crippen molar-refractivity contribution in [2.75, 3.05) is 20.1 Å². The minimum Gasteiger partial charge on any atom is -0.341 e. The van der Waals surface area contributed by atoms with Crippen LogP contribution in [0.5, 0.6) is 0 Å². The minimum absolute atomic E-state index is 0.160. The van der Waals surface area contributed by atoms with Crippen molar-refractivity contribution in [3.05, 3.63) is 30.1 Å². The fraction of sp³-hybridized carbons (Fsp3) is 0.500. The van der Waals surface area contributed by atoms with Gasteiger partial charge in [-0.25, -0.2) is 4.98 Å². The van der Waals surface area contributed by atoms with Gasteiger partial charge in [0.05, 0.1) is 11.0 Å². The molecule has 0 bridgehead atoms. The first-order valence-electron chi connectivity index (χ1n) is 7.55. The number of aromatic nitrogens is 2. The number of aryl methyl sites for hydroxylation is 1. The van der Waals surface area contributed by atoms with Crippen LogP contribution in [0.1, 0.15) is 18.7 Å². The average Bonchev–Trinajstić information content (AvgIpc) is 2.83. The molecule has 3 rings (SSSR count). The second kappa shape index (κ2) is 5.85. The Morgan fingerprint density at radius 2 is 2.10 bits per heavy atom. The fourth-order valence-electron chi connectivity index (χ4n) is 3.04. The molecular formula is C16H22N4O. The van der Waals surface area contributed by atoms with Gasteiger partial charge in [0.2, 0.25) is 5.91 Å². The summed E-state index contributed by atoms with van der Waals surface area (Å²) in [6.45, 7) is 4.31. The van der Waals surface area contributed by atoms with Gasteiger partial charge in [0.25, 0.3) is 0 Å². The Hall–Kier alpha value is -1.88. The first kappa shape index (κ1) is 14.1. The van der Waals surface area contributed by atoms with Crippen LogP contribution in [-0.4, -0.2) is 46.5 Å². The number of carbonyl (C=O) groups is 1. The molecule has 5 nitrogen and oxygen atoms in total. The number of nitrogens with one attached hydrogen (secondary N) is 1. The number of fused-ring (bicyclic) bond motifs is 1. The summed E-state index contributed by atoms with van der Waals surface area (Å²) in [5.41, 5.74) is 1.98. The average molecular weight is 286 g/mol. The molecule has 1 aromatic carbocycles. The van der Waals surface area contributed by atoms with Crippen molar-refractivity contribution in [2.24, 2.45) is 0 Å². The van der Waals surface area contributed by atoms with Crippen molar-refractivity contribution >= 4 is 16.9 Å². The Bertz CT molecular complexity index is 643. The van der Waals surface area contributed by atoms with E-state index in [1.54, 1.807) is 0 Å². The van der Waals surface area contributed by atoms with E-state index in [0.717, 1.165) is 42.8 Å². The van der Waals surface area contributed by atoms with Crippen LogP contribution in [0, 0.1) is 6.92 Å². The highest BCUT2D eigenvalue weighted by molar-refractivity contribution is 5.81. The predicted octanol–water partition coefficient (Wildman–Crippen LogP) is 1.56. The third-order valence-corrected chi connectivity index (χ3v) is 4.39. The van der Waals surface area contributed by atoms with Crippen molar-refractivity contribution in [1.29, 1.82) is 0 Å². The molecule has 21 heavy (non-hydrogen) atoms. The van der Waals surface area contributed by atoms with Gasteiger partial charge in [-0.1, -0.05) is 12.1 Å². The molecule has 1 aliphatic heterocycles. The lowest BCUT2D eigenvalue weighted by atomic mass is 10.1. The van der Waals surface area contributed by atoms with E-state index in [-0.39, 0.29) is 5.91 Å². The molecule has 1 amide bonds. The van der Waals surface area contributed by atoms with Crippen molar-refractivity contribution in [3.8, 4) is 0 Å². The van der Waals surface area contributed by atoms with E-state index in [1.165, 1.54) is 0 Å². The highest BCUT2D eigenvalue weighted by Gasteiger charge is 2.22. The molecule has 112 valence electrons. The molecule has 2 heterocycles. The first-order chi connectivity index (χ1) is 10.2. The number of imidazole rings is 1. The van der Waals surface area contributed by atoms with Crippen molar-refractivity contribution in [2.45, 2.75) is 32.4 Å². The molecule has 0 aliphatic carbocycles. The second-order valence-corrected chi connectivity index (χ2v) is 5.72. The number of likely N-dealkylation sites (N-methyl/N-ethyl adjacent to an activating group) is 1. The van der Waals surface area contributed by atoms with E-state index in [4.69, 9.17) is 0 Å². The Balaban J connectivity index is 1.78. The van der Waals surface area contributed by atoms with Gasteiger partial charge in [0.15, 0.2) is 0 Å². The summed E-state index contributed by atoms with van der Waals surface area (Å²) < 4.78 is 2.01. The van der Waals surface area contributed by atoms with Gasteiger partial charge in [0, 0.05) is 13.1 Å². The van der Waals surface area contributed by atoms with E-state index >= 15 is 0 Å². The third kappa shape index (κ3) is 2.78. The predicted molar refractivity (Wildman–Crippen MR) is 83.1 cm³/mol. The van der Waals surface area contributed by atoms with Gasteiger partial charge in [-0.05, 0) is 45.0 Å². The van der Waals surface area contributed by atoms with E-state index < -0.39 is 0 Å². The number of para-hydroxylation sites is 2. The second-order valence-electron chi connectivity index (χ2n) is 5.72. The van der Waals surface area contributed by atoms with Crippen molar-refractivity contribution < 1.29 is 4.79 Å². The standard InChI is InChI=1S/C16H22N4O/c1-12-18-14-5-3-4-6-15(14)20(12)11-16(21)19(2)13-7-9-17-10-8-13/h3-6,13,17H,7-11H2,1-2H3. The lowest BCUT2D eigenvalue weighted by molar-refractivity contribution is -0.133. The van der Waals surface area contributed by atoms with E-state index in [1.807, 2.05) is 47.7 Å². The highest BCUT2D eigenvalue weighted by atomic mass is 16.2. The van der Waals surface area contributed by atoms with Gasteiger partial charge in [-0.15, -0.1) is 0 Å². The zero-order valence-electron chi connectivity index (χ0n) is 12.7. The van der Waals surface area contributed by atoms with E-state index in [0.29, 0.717) is 12.6 Å². The number of benzene rings is 1. The van der Waals surface area contributed by atoms with Crippen LogP contribution in [0.25, 0.3) is 11.0 Å². The molecular weight excluding hydrogens is 264 g/mol. The van der Waals surface area contributed by atoms with Crippen LogP contribution in [0.3, 0.4) is 0 Å². The summed E-state index contributed by atoms with van der Waals surface area (Å²) in [4.78, 5) is 19.0. The summed E-state index contributed by atoms with van der Waals surface area (Å²) >= 11 is 0. The van der Waals surface area contributed by atoms with Gasteiger partial charge >= 0.3 is 0 Å². The summed E-state index contributed by atoms with van der Waals surface area (Å²) in [5, 5.41) is 3.33. The van der Waals surface area contributed by atoms with Crippen LogP contribution < -0.4 is 5.32 Å². The zero-order valence-corrected chi connectivity index (χ0v) is 12.7. The highest BCUT2D eigenvalue weighted by Crippen LogP contribution is 2.17. The number of nitrogens with zero attached hydrogens (tertiary/aromatic N) is 3. The maximum Gasteiger partial charge on any atom is 0.242 e. The monoisotopic (exact) mass is 286 g/mol. The molecule has 0 saturated carbocycles. The number of piperidine rings is 1. The maximum absolute atomic E-state index is 12.6. The Kier molecular flexibility index (Phi) is 3.92. The maximum atomic E-state index is 12.6. The normalized spacial score (nSPS) is 16.3. The lowest BCUT2D eigenvalue weighted by Gasteiger charge is -2.31. The topological polar surface area (TPSA) is 50.2 Å². The van der Waals surface area contributed by atoms with Crippen LogP contribution in [0.2, 0.25) is 0 Å². The molecule has 1 aromatic heterocycles. The number of hydrogen-bond donors (Lipinski definition) is 1. The van der Waals surface area contributed by atoms with Crippen LogP contribution in [-0.2, 0) is 11.3 Å². The van der Waals surface area contributed by atoms with E-state index in [2.05, 4.69) is 10.3 Å². The summed E-state index contributed by atoms with van der Waals surface area (Å²) in [6.07, 6.45) is 2.07. The van der Waals surface area contributed by atoms with Gasteiger partial charge in [-0.2, -0.15) is 0 Å². The molecule has 0 unspecified atom stereocenters. The summed E-state index contributed by atoms with van der Waals surface area (Å²) in [5.74, 6) is 1.05. The third-order valence-electron chi connectivity index (χ3n) is 4.39. The number of hydrogen-bond acceptors (Lipinski definition) is 3. The van der Waals surface area contributed by atoms with Gasteiger partial charge in [0.1, 0.15) is 12.4 Å². The molecule has 5 heteroatoms. The fourth-order valence-corrected chi connectivity index (χ4v) is 3.04. The Morgan fingerprint density at radius 1 is 1.38 bits per heavy atom. The number of carbonyl (C=O) groups excluding carboxylic acids is 1. The van der Waals surface area contributed by atoms with Crippen LogP contribution in [0.15, 0.2) is 24.3 Å². The Morgan fingerprint density at radius 3 is 2.86 bits per heavy atom. The smallest absolute Gasteiger partial charge is 0.242 e. The largest absolute Gasteiger partial charge is 0.341 e. The zero-order chi connectivity index (χ0) is 14.8. The minimum atomic E-state index is 0.160. The number of amides is 1. The quantitative estimate of drug-likeness (QED) is 0.931. The first-order valence-corrected chi connectivity index (χ1v) is 7.55. The van der Waals surface area contributed by atoms with E-state index in [9.17, 15) is 4.79 Å². The van der Waals surface area contributed by atoms with Crippen molar-refractivity contribution in [1.82, 2.24) is 19.8 Å². The van der Waals surface area contributed by atoms with Crippen molar-refractivity contribution in [3.63, 3.8) is 0 Å². The molecule has 1 N–H and O–H groups in total. The van der Waals surface area contributed by atoms with Gasteiger partial charge < -0.3 is 14.8 Å².